The molecule has 1 amide bonds. The number of amides is 1. The second-order valence-electron chi connectivity index (χ2n) is 5.13. The van der Waals surface area contributed by atoms with E-state index in [2.05, 4.69) is 5.32 Å². The lowest BCUT2D eigenvalue weighted by Crippen LogP contribution is -2.43. The Labute approximate surface area is 134 Å². The molecule has 1 heterocycles. The Morgan fingerprint density at radius 1 is 1.41 bits per heavy atom. The number of thioether (sulfide) groups is 1. The van der Waals surface area contributed by atoms with Crippen LogP contribution in [-0.2, 0) is 20.0 Å². The third kappa shape index (κ3) is 5.59. The maximum absolute atomic E-state index is 12.8. The number of rotatable bonds is 8. The van der Waals surface area contributed by atoms with Crippen LogP contribution in [0.4, 0.5) is 4.39 Å². The number of carbonyl (C=O) groups is 1. The quantitative estimate of drug-likeness (QED) is 0.745. The predicted molar refractivity (Wildman–Crippen MR) is 85.3 cm³/mol. The molecule has 1 aliphatic heterocycles. The van der Waals surface area contributed by atoms with Gasteiger partial charge in [-0.05, 0) is 24.6 Å². The number of hydrogen-bond donors (Lipinski definition) is 1. The van der Waals surface area contributed by atoms with Crippen LogP contribution in [0.3, 0.4) is 0 Å². The molecule has 0 aromatic heterocycles. The average molecular weight is 327 g/mol. The Bertz CT molecular complexity index is 469. The van der Waals surface area contributed by atoms with Crippen molar-refractivity contribution in [3.63, 3.8) is 0 Å². The smallest absolute Gasteiger partial charge is 0.221 e. The van der Waals surface area contributed by atoms with Crippen LogP contribution in [0.5, 0.6) is 0 Å². The number of nitrogens with one attached hydrogen (secondary N) is 1. The van der Waals surface area contributed by atoms with Gasteiger partial charge < -0.3 is 14.8 Å². The van der Waals surface area contributed by atoms with Gasteiger partial charge in [-0.1, -0.05) is 12.1 Å². The van der Waals surface area contributed by atoms with E-state index in [0.717, 1.165) is 17.1 Å². The standard InChI is InChI=1S/C16H22FNO3S/c1-2-21-15-10-20-9-14(15)18-16(19)7-8-22-11-12-3-5-13(17)6-4-12/h3-6,14-15H,2,7-11H2,1H3,(H,18,19)/t14-,15-/m0/s1. The van der Waals surface area contributed by atoms with Gasteiger partial charge in [0.05, 0.1) is 19.3 Å². The predicted octanol–water partition coefficient (Wildman–Crippen LogP) is 2.37. The molecule has 1 aromatic rings. The van der Waals surface area contributed by atoms with Gasteiger partial charge in [-0.3, -0.25) is 4.79 Å². The highest BCUT2D eigenvalue weighted by molar-refractivity contribution is 7.98. The van der Waals surface area contributed by atoms with Gasteiger partial charge in [-0.15, -0.1) is 0 Å². The van der Waals surface area contributed by atoms with Crippen molar-refractivity contribution in [3.05, 3.63) is 35.6 Å². The van der Waals surface area contributed by atoms with Crippen molar-refractivity contribution in [2.75, 3.05) is 25.6 Å². The monoisotopic (exact) mass is 327 g/mol. The number of benzene rings is 1. The molecule has 1 aliphatic rings. The summed E-state index contributed by atoms with van der Waals surface area (Å²) in [6, 6.07) is 6.40. The molecule has 122 valence electrons. The lowest BCUT2D eigenvalue weighted by atomic mass is 10.2. The lowest BCUT2D eigenvalue weighted by Gasteiger charge is -2.18. The van der Waals surface area contributed by atoms with Crippen LogP contribution in [0.25, 0.3) is 0 Å². The third-order valence-corrected chi connectivity index (χ3v) is 4.44. The lowest BCUT2D eigenvalue weighted by molar-refractivity contribution is -0.122. The van der Waals surface area contributed by atoms with Gasteiger partial charge in [0.1, 0.15) is 11.9 Å². The zero-order chi connectivity index (χ0) is 15.8. The summed E-state index contributed by atoms with van der Waals surface area (Å²) < 4.78 is 23.7. The summed E-state index contributed by atoms with van der Waals surface area (Å²) in [5.74, 6) is 1.31. The molecule has 0 bridgehead atoms. The summed E-state index contributed by atoms with van der Waals surface area (Å²) in [6.07, 6.45) is 0.419. The fraction of sp³-hybridized carbons (Fsp3) is 0.562. The van der Waals surface area contributed by atoms with E-state index >= 15 is 0 Å². The molecule has 4 nitrogen and oxygen atoms in total. The maximum atomic E-state index is 12.8. The van der Waals surface area contributed by atoms with Crippen LogP contribution >= 0.6 is 11.8 Å². The van der Waals surface area contributed by atoms with E-state index in [1.165, 1.54) is 12.1 Å². The zero-order valence-corrected chi connectivity index (χ0v) is 13.5. The van der Waals surface area contributed by atoms with Crippen molar-refractivity contribution < 1.29 is 18.7 Å². The molecule has 1 saturated heterocycles. The molecule has 1 fully saturated rings. The van der Waals surface area contributed by atoms with Gasteiger partial charge in [-0.2, -0.15) is 11.8 Å². The van der Waals surface area contributed by atoms with E-state index in [9.17, 15) is 9.18 Å². The highest BCUT2D eigenvalue weighted by Crippen LogP contribution is 2.14. The average Bonchev–Trinajstić information content (AvgIpc) is 2.93. The Kier molecular flexibility index (Phi) is 7.15. The topological polar surface area (TPSA) is 47.6 Å². The van der Waals surface area contributed by atoms with Gasteiger partial charge in [0, 0.05) is 24.5 Å². The van der Waals surface area contributed by atoms with E-state index in [0.29, 0.717) is 26.2 Å². The summed E-state index contributed by atoms with van der Waals surface area (Å²) in [4.78, 5) is 11.9. The second kappa shape index (κ2) is 9.12. The number of carbonyl (C=O) groups excluding carboxylic acids is 1. The fourth-order valence-corrected chi connectivity index (χ4v) is 3.16. The van der Waals surface area contributed by atoms with E-state index in [1.54, 1.807) is 23.9 Å². The van der Waals surface area contributed by atoms with Gasteiger partial charge in [0.25, 0.3) is 0 Å². The first-order chi connectivity index (χ1) is 10.7. The largest absolute Gasteiger partial charge is 0.376 e. The van der Waals surface area contributed by atoms with E-state index in [1.807, 2.05) is 6.92 Å². The Morgan fingerprint density at radius 3 is 2.91 bits per heavy atom. The van der Waals surface area contributed by atoms with Gasteiger partial charge in [0.15, 0.2) is 0 Å². The molecular weight excluding hydrogens is 305 g/mol. The number of ether oxygens (including phenoxy) is 2. The van der Waals surface area contributed by atoms with Crippen LogP contribution in [0.2, 0.25) is 0 Å². The molecule has 6 heteroatoms. The molecule has 22 heavy (non-hydrogen) atoms. The minimum atomic E-state index is -0.226. The normalized spacial score (nSPS) is 21.0. The highest BCUT2D eigenvalue weighted by atomic mass is 32.2. The molecule has 2 rings (SSSR count). The molecular formula is C16H22FNO3S. The molecule has 0 aliphatic carbocycles. The minimum Gasteiger partial charge on any atom is -0.376 e. The Hall–Kier alpha value is -1.11. The SMILES string of the molecule is CCO[C@H]1COC[C@@H]1NC(=O)CCSCc1ccc(F)cc1. The van der Waals surface area contributed by atoms with Crippen molar-refractivity contribution in [1.82, 2.24) is 5.32 Å². The summed E-state index contributed by atoms with van der Waals surface area (Å²) in [5.41, 5.74) is 1.06. The number of hydrogen-bond acceptors (Lipinski definition) is 4. The summed E-state index contributed by atoms with van der Waals surface area (Å²) in [5, 5.41) is 2.97. The van der Waals surface area contributed by atoms with E-state index in [-0.39, 0.29) is 23.9 Å². The molecule has 0 spiro atoms. The van der Waals surface area contributed by atoms with E-state index in [4.69, 9.17) is 9.47 Å². The zero-order valence-electron chi connectivity index (χ0n) is 12.7. The van der Waals surface area contributed by atoms with Gasteiger partial charge in [-0.25, -0.2) is 4.39 Å². The van der Waals surface area contributed by atoms with Crippen molar-refractivity contribution in [1.29, 1.82) is 0 Å². The van der Waals surface area contributed by atoms with Crippen molar-refractivity contribution in [2.45, 2.75) is 31.2 Å². The first-order valence-corrected chi connectivity index (χ1v) is 8.65. The molecule has 0 saturated carbocycles. The van der Waals surface area contributed by atoms with Gasteiger partial charge in [0.2, 0.25) is 5.91 Å². The maximum Gasteiger partial charge on any atom is 0.221 e. The molecule has 1 N–H and O–H groups in total. The first-order valence-electron chi connectivity index (χ1n) is 7.50. The first kappa shape index (κ1) is 17.2. The molecule has 1 aromatic carbocycles. The van der Waals surface area contributed by atoms with Crippen LogP contribution in [0, 0.1) is 5.82 Å². The fourth-order valence-electron chi connectivity index (χ4n) is 2.26. The third-order valence-electron chi connectivity index (χ3n) is 3.41. The van der Waals surface area contributed by atoms with Crippen LogP contribution in [-0.4, -0.2) is 43.6 Å². The molecule has 2 atom stereocenters. The van der Waals surface area contributed by atoms with Crippen LogP contribution < -0.4 is 5.32 Å². The number of halogens is 1. The van der Waals surface area contributed by atoms with Crippen molar-refractivity contribution in [2.24, 2.45) is 0 Å². The Balaban J connectivity index is 1.62. The van der Waals surface area contributed by atoms with Crippen molar-refractivity contribution in [3.8, 4) is 0 Å². The molecule has 0 unspecified atom stereocenters. The molecule has 0 radical (unpaired) electrons. The van der Waals surface area contributed by atoms with E-state index < -0.39 is 0 Å². The minimum absolute atomic E-state index is 0.0202. The summed E-state index contributed by atoms with van der Waals surface area (Å²) >= 11 is 1.66. The summed E-state index contributed by atoms with van der Waals surface area (Å²) in [6.45, 7) is 3.61. The van der Waals surface area contributed by atoms with Crippen molar-refractivity contribution >= 4 is 17.7 Å². The van der Waals surface area contributed by atoms with Gasteiger partial charge >= 0.3 is 0 Å². The summed E-state index contributed by atoms with van der Waals surface area (Å²) in [7, 11) is 0. The Morgan fingerprint density at radius 2 is 2.18 bits per heavy atom. The second-order valence-corrected chi connectivity index (χ2v) is 6.24. The highest BCUT2D eigenvalue weighted by Gasteiger charge is 2.29. The van der Waals surface area contributed by atoms with Crippen LogP contribution in [0.15, 0.2) is 24.3 Å². The van der Waals surface area contributed by atoms with Crippen LogP contribution in [0.1, 0.15) is 18.9 Å².